The Bertz CT molecular complexity index is 891. The zero-order valence-corrected chi connectivity index (χ0v) is 12.9. The van der Waals surface area contributed by atoms with Gasteiger partial charge in [0.1, 0.15) is 5.76 Å². The zero-order valence-electron chi connectivity index (χ0n) is 12.9. The maximum absolute atomic E-state index is 8.67. The Morgan fingerprint density at radius 2 is 1.38 bits per heavy atom. The predicted octanol–water partition coefficient (Wildman–Crippen LogP) is 3.64. The van der Waals surface area contributed by atoms with Crippen molar-refractivity contribution in [3.63, 3.8) is 0 Å². The Labute approximate surface area is 139 Å². The van der Waals surface area contributed by atoms with Crippen LogP contribution in [0.3, 0.4) is 0 Å². The van der Waals surface area contributed by atoms with Crippen molar-refractivity contribution in [1.82, 2.24) is 0 Å². The fraction of sp³-hybridized carbons (Fsp3) is 0. The van der Waals surface area contributed by atoms with Gasteiger partial charge in [-0.1, -0.05) is 60.3 Å². The van der Waals surface area contributed by atoms with E-state index in [1.54, 1.807) is 12.1 Å². The number of furan rings is 1. The number of hydrogen-bond donors (Lipinski definition) is 3. The van der Waals surface area contributed by atoms with E-state index in [-0.39, 0.29) is 5.84 Å². The molecule has 5 nitrogen and oxygen atoms in total. The van der Waals surface area contributed by atoms with Crippen molar-refractivity contribution in [1.29, 1.82) is 0 Å². The Hall–Kier alpha value is -3.47. The van der Waals surface area contributed by atoms with Crippen molar-refractivity contribution < 1.29 is 9.62 Å². The highest BCUT2D eigenvalue weighted by Crippen LogP contribution is 2.26. The molecule has 0 unspecified atom stereocenters. The van der Waals surface area contributed by atoms with Crippen LogP contribution in [0.1, 0.15) is 11.3 Å². The van der Waals surface area contributed by atoms with Crippen LogP contribution in [0.15, 0.2) is 76.8 Å². The van der Waals surface area contributed by atoms with E-state index in [9.17, 15) is 0 Å². The zero-order chi connectivity index (χ0) is 17.1. The van der Waals surface area contributed by atoms with Gasteiger partial charge in [0.15, 0.2) is 5.76 Å². The smallest absolute Gasteiger partial charge is 0.205 e. The third-order valence-electron chi connectivity index (χ3n) is 3.72. The van der Waals surface area contributed by atoms with Gasteiger partial charge >= 0.3 is 0 Å². The summed E-state index contributed by atoms with van der Waals surface area (Å²) in [5.74, 6) is 0.923. The molecule has 0 bridgehead atoms. The molecule has 0 aliphatic heterocycles. The quantitative estimate of drug-likeness (QED) is 0.296. The highest BCUT2D eigenvalue weighted by Gasteiger charge is 2.08. The highest BCUT2D eigenvalue weighted by atomic mass is 16.4. The summed E-state index contributed by atoms with van der Waals surface area (Å²) < 4.78 is 5.57. The molecule has 1 heterocycles. The normalized spacial score (nSPS) is 11.4. The lowest BCUT2D eigenvalue weighted by Gasteiger charge is -2.05. The van der Waals surface area contributed by atoms with E-state index in [2.05, 4.69) is 11.7 Å². The molecule has 0 aliphatic carbocycles. The Balaban J connectivity index is 1.85. The lowest BCUT2D eigenvalue weighted by Crippen LogP contribution is -2.11. The van der Waals surface area contributed by atoms with Gasteiger partial charge in [0.25, 0.3) is 0 Å². The van der Waals surface area contributed by atoms with Crippen LogP contribution < -0.4 is 11.5 Å². The van der Waals surface area contributed by atoms with Gasteiger partial charge in [-0.3, -0.25) is 0 Å². The van der Waals surface area contributed by atoms with Crippen molar-refractivity contribution in [2.75, 3.05) is 0 Å². The van der Waals surface area contributed by atoms with Crippen LogP contribution in [0, 0.1) is 0 Å². The summed E-state index contributed by atoms with van der Waals surface area (Å²) in [6, 6.07) is 19.3. The minimum atomic E-state index is -0.0561. The first-order chi connectivity index (χ1) is 11.6. The lowest BCUT2D eigenvalue weighted by molar-refractivity contribution is 0.317. The monoisotopic (exact) mass is 319 g/mol. The molecule has 3 aromatic rings. The molecule has 0 atom stereocenters. The standard InChI is InChI=1S/C19H17N3O2/c1-12(20)13-2-4-14(5-3-13)15-6-8-16(9-7-15)17-10-11-18(24-17)19(21)22-23/h2-11,23H,1,20H2,(H2,21,22). The molecule has 2 aromatic carbocycles. The van der Waals surface area contributed by atoms with E-state index in [4.69, 9.17) is 21.1 Å². The molecule has 5 N–H and O–H groups in total. The van der Waals surface area contributed by atoms with Gasteiger partial charge in [-0.25, -0.2) is 0 Å². The molecule has 0 fully saturated rings. The van der Waals surface area contributed by atoms with E-state index >= 15 is 0 Å². The van der Waals surface area contributed by atoms with E-state index in [0.29, 0.717) is 17.2 Å². The molecule has 24 heavy (non-hydrogen) atoms. The van der Waals surface area contributed by atoms with Crippen molar-refractivity contribution in [3.05, 3.63) is 78.6 Å². The summed E-state index contributed by atoms with van der Waals surface area (Å²) in [7, 11) is 0. The average molecular weight is 319 g/mol. The van der Waals surface area contributed by atoms with Crippen LogP contribution in [0.25, 0.3) is 28.1 Å². The highest BCUT2D eigenvalue weighted by molar-refractivity contribution is 5.94. The van der Waals surface area contributed by atoms with E-state index in [1.807, 2.05) is 48.5 Å². The molecular weight excluding hydrogens is 302 g/mol. The molecule has 0 saturated heterocycles. The Morgan fingerprint density at radius 1 is 0.833 bits per heavy atom. The van der Waals surface area contributed by atoms with Crippen molar-refractivity contribution >= 4 is 11.5 Å². The first kappa shape index (κ1) is 15.4. The fourth-order valence-corrected chi connectivity index (χ4v) is 2.38. The third-order valence-corrected chi connectivity index (χ3v) is 3.72. The number of oxime groups is 1. The van der Waals surface area contributed by atoms with Crippen LogP contribution in [0.2, 0.25) is 0 Å². The summed E-state index contributed by atoms with van der Waals surface area (Å²) in [5, 5.41) is 11.6. The minimum absolute atomic E-state index is 0.0561. The van der Waals surface area contributed by atoms with Crippen LogP contribution in [-0.4, -0.2) is 11.0 Å². The molecule has 120 valence electrons. The maximum Gasteiger partial charge on any atom is 0.205 e. The van der Waals surface area contributed by atoms with Gasteiger partial charge in [0.2, 0.25) is 5.84 Å². The molecule has 3 rings (SSSR count). The first-order valence-electron chi connectivity index (χ1n) is 7.32. The van der Waals surface area contributed by atoms with Gasteiger partial charge in [-0.05, 0) is 28.8 Å². The van der Waals surface area contributed by atoms with Crippen molar-refractivity contribution in [2.45, 2.75) is 0 Å². The number of nitrogens with zero attached hydrogens (tertiary/aromatic N) is 1. The molecule has 0 amide bonds. The summed E-state index contributed by atoms with van der Waals surface area (Å²) in [4.78, 5) is 0. The maximum atomic E-state index is 8.67. The largest absolute Gasteiger partial charge is 0.453 e. The SMILES string of the molecule is C=C(N)c1ccc(-c2ccc(-c3ccc(/C(N)=N\O)o3)cc2)cc1. The van der Waals surface area contributed by atoms with E-state index in [0.717, 1.165) is 22.3 Å². The minimum Gasteiger partial charge on any atom is -0.453 e. The van der Waals surface area contributed by atoms with Gasteiger partial charge in [-0.2, -0.15) is 0 Å². The van der Waals surface area contributed by atoms with Crippen LogP contribution in [0.4, 0.5) is 0 Å². The van der Waals surface area contributed by atoms with Gasteiger partial charge < -0.3 is 21.1 Å². The Kier molecular flexibility index (Phi) is 4.07. The summed E-state index contributed by atoms with van der Waals surface area (Å²) >= 11 is 0. The van der Waals surface area contributed by atoms with Gasteiger partial charge in [0, 0.05) is 11.3 Å². The second-order valence-corrected chi connectivity index (χ2v) is 5.33. The summed E-state index contributed by atoms with van der Waals surface area (Å²) in [5.41, 5.74) is 15.7. The molecule has 1 aromatic heterocycles. The average Bonchev–Trinajstić information content (AvgIpc) is 3.11. The fourth-order valence-electron chi connectivity index (χ4n) is 2.38. The summed E-state index contributed by atoms with van der Waals surface area (Å²) in [6.45, 7) is 3.73. The number of nitrogens with two attached hydrogens (primary N) is 2. The second-order valence-electron chi connectivity index (χ2n) is 5.33. The number of amidine groups is 1. The molecule has 0 spiro atoms. The molecular formula is C19H17N3O2. The van der Waals surface area contributed by atoms with E-state index < -0.39 is 0 Å². The molecule has 0 aliphatic rings. The predicted molar refractivity (Wildman–Crippen MR) is 95.3 cm³/mol. The number of rotatable bonds is 4. The third kappa shape index (κ3) is 3.01. The van der Waals surface area contributed by atoms with Crippen LogP contribution in [-0.2, 0) is 0 Å². The molecule has 0 radical (unpaired) electrons. The lowest BCUT2D eigenvalue weighted by atomic mass is 10.0. The van der Waals surface area contributed by atoms with Crippen LogP contribution in [0.5, 0.6) is 0 Å². The second kappa shape index (κ2) is 6.34. The van der Waals surface area contributed by atoms with Crippen LogP contribution >= 0.6 is 0 Å². The molecule has 5 heteroatoms. The molecule has 0 saturated carbocycles. The van der Waals surface area contributed by atoms with Gasteiger partial charge in [0.05, 0.1) is 0 Å². The van der Waals surface area contributed by atoms with Crippen molar-refractivity contribution in [3.8, 4) is 22.5 Å². The first-order valence-corrected chi connectivity index (χ1v) is 7.32. The van der Waals surface area contributed by atoms with Crippen molar-refractivity contribution in [2.24, 2.45) is 16.6 Å². The number of benzene rings is 2. The summed E-state index contributed by atoms with van der Waals surface area (Å²) in [6.07, 6.45) is 0. The topological polar surface area (TPSA) is 97.8 Å². The number of hydrogen-bond acceptors (Lipinski definition) is 4. The van der Waals surface area contributed by atoms with Gasteiger partial charge in [-0.15, -0.1) is 0 Å². The Morgan fingerprint density at radius 3 is 1.92 bits per heavy atom. The van der Waals surface area contributed by atoms with E-state index in [1.165, 1.54) is 0 Å².